The number of thiophene rings is 1. The zero-order valence-corrected chi connectivity index (χ0v) is 12.1. The second kappa shape index (κ2) is 5.99. The van der Waals surface area contributed by atoms with Crippen molar-refractivity contribution in [2.45, 2.75) is 12.8 Å². The summed E-state index contributed by atoms with van der Waals surface area (Å²) in [5, 5.41) is 3.20. The van der Waals surface area contributed by atoms with E-state index in [4.69, 9.17) is 4.84 Å². The topological polar surface area (TPSA) is 29.5 Å². The van der Waals surface area contributed by atoms with Gasteiger partial charge < -0.3 is 0 Å². The van der Waals surface area contributed by atoms with Gasteiger partial charge in [-0.2, -0.15) is 0 Å². The number of hydrogen-bond acceptors (Lipinski definition) is 3. The Morgan fingerprint density at radius 2 is 1.95 bits per heavy atom. The Balaban J connectivity index is 2.32. The van der Waals surface area contributed by atoms with Gasteiger partial charge in [-0.15, -0.1) is 11.3 Å². The molecule has 0 N–H and O–H groups in total. The summed E-state index contributed by atoms with van der Waals surface area (Å²) < 4.78 is 0. The number of carbonyl (C=O) groups is 1. The van der Waals surface area contributed by atoms with Crippen molar-refractivity contribution in [3.05, 3.63) is 57.8 Å². The van der Waals surface area contributed by atoms with Crippen molar-refractivity contribution >= 4 is 17.2 Å². The highest BCUT2D eigenvalue weighted by molar-refractivity contribution is 7.10. The molecular formula is C15H17NO2S. The highest BCUT2D eigenvalue weighted by Gasteiger charge is 2.21. The number of nitrogens with zero attached hydrogens (tertiary/aromatic N) is 1. The average molecular weight is 275 g/mol. The van der Waals surface area contributed by atoms with Crippen molar-refractivity contribution in [3.63, 3.8) is 0 Å². The first-order chi connectivity index (χ1) is 9.15. The van der Waals surface area contributed by atoms with Crippen LogP contribution in [0.1, 0.15) is 33.6 Å². The van der Waals surface area contributed by atoms with Gasteiger partial charge >= 0.3 is 0 Å². The van der Waals surface area contributed by atoms with Crippen molar-refractivity contribution in [3.8, 4) is 0 Å². The van der Waals surface area contributed by atoms with Crippen LogP contribution in [0.4, 0.5) is 0 Å². The minimum absolute atomic E-state index is 0.110. The molecule has 0 aliphatic rings. The van der Waals surface area contributed by atoms with Gasteiger partial charge in [0, 0.05) is 17.8 Å². The van der Waals surface area contributed by atoms with E-state index in [2.05, 4.69) is 19.1 Å². The minimum Gasteiger partial charge on any atom is -0.274 e. The summed E-state index contributed by atoms with van der Waals surface area (Å²) in [6, 6.07) is 12.1. The van der Waals surface area contributed by atoms with Crippen molar-refractivity contribution < 1.29 is 9.63 Å². The summed E-state index contributed by atoms with van der Waals surface area (Å²) in [4.78, 5) is 18.2. The lowest BCUT2D eigenvalue weighted by molar-refractivity contribution is -0.0757. The lowest BCUT2D eigenvalue weighted by atomic mass is 9.97. The molecule has 0 aliphatic heterocycles. The maximum Gasteiger partial charge on any atom is 0.278 e. The van der Waals surface area contributed by atoms with Crippen molar-refractivity contribution in [1.82, 2.24) is 5.06 Å². The fourth-order valence-corrected chi connectivity index (χ4v) is 2.95. The predicted molar refractivity (Wildman–Crippen MR) is 77.4 cm³/mol. The van der Waals surface area contributed by atoms with E-state index in [0.29, 0.717) is 5.56 Å². The molecule has 1 unspecified atom stereocenters. The molecule has 1 atom stereocenters. The summed E-state index contributed by atoms with van der Waals surface area (Å²) in [5.74, 6) is 0.0898. The van der Waals surface area contributed by atoms with Crippen LogP contribution in [0.5, 0.6) is 0 Å². The second-order valence-corrected chi connectivity index (χ2v) is 5.26. The third-order valence-electron chi connectivity index (χ3n) is 3.18. The van der Waals surface area contributed by atoms with E-state index in [1.807, 2.05) is 29.6 Å². The first-order valence-corrected chi connectivity index (χ1v) is 6.97. The number of amides is 1. The number of benzene rings is 1. The van der Waals surface area contributed by atoms with Gasteiger partial charge in [0.15, 0.2) is 0 Å². The van der Waals surface area contributed by atoms with Crippen molar-refractivity contribution in [2.24, 2.45) is 0 Å². The van der Waals surface area contributed by atoms with Crippen LogP contribution >= 0.6 is 11.3 Å². The van der Waals surface area contributed by atoms with Crippen LogP contribution < -0.4 is 0 Å². The SMILES string of the molecule is CON(C)C(=O)c1ccsc1C(C)c1ccccc1. The van der Waals surface area contributed by atoms with E-state index in [-0.39, 0.29) is 11.8 Å². The van der Waals surface area contributed by atoms with Crippen LogP contribution in [-0.2, 0) is 4.84 Å². The van der Waals surface area contributed by atoms with Crippen molar-refractivity contribution in [2.75, 3.05) is 14.2 Å². The third-order valence-corrected chi connectivity index (χ3v) is 4.28. The molecule has 1 amide bonds. The molecule has 0 radical (unpaired) electrons. The molecule has 1 aromatic heterocycles. The fraction of sp³-hybridized carbons (Fsp3) is 0.267. The van der Waals surface area contributed by atoms with Crippen LogP contribution in [0.25, 0.3) is 0 Å². The molecule has 0 saturated heterocycles. The Bertz CT molecular complexity index is 550. The first kappa shape index (κ1) is 13.8. The van der Waals surface area contributed by atoms with Crippen LogP contribution in [0.2, 0.25) is 0 Å². The maximum atomic E-state index is 12.2. The largest absolute Gasteiger partial charge is 0.278 e. The summed E-state index contributed by atoms with van der Waals surface area (Å²) in [7, 11) is 3.11. The molecule has 0 spiro atoms. The molecule has 0 aliphatic carbocycles. The number of hydrogen-bond donors (Lipinski definition) is 0. The normalized spacial score (nSPS) is 12.2. The summed E-state index contributed by atoms with van der Waals surface area (Å²) in [6.45, 7) is 2.12. The Morgan fingerprint density at radius 1 is 1.26 bits per heavy atom. The molecule has 2 rings (SSSR count). The van der Waals surface area contributed by atoms with Gasteiger partial charge in [-0.3, -0.25) is 9.63 Å². The van der Waals surface area contributed by atoms with E-state index < -0.39 is 0 Å². The van der Waals surface area contributed by atoms with Gasteiger partial charge in [0.2, 0.25) is 0 Å². The van der Waals surface area contributed by atoms with E-state index >= 15 is 0 Å². The molecule has 100 valence electrons. The second-order valence-electron chi connectivity index (χ2n) is 4.32. The van der Waals surface area contributed by atoms with E-state index in [1.165, 1.54) is 17.7 Å². The zero-order chi connectivity index (χ0) is 13.8. The third kappa shape index (κ3) is 2.85. The molecular weight excluding hydrogens is 258 g/mol. The number of carbonyl (C=O) groups excluding carboxylic acids is 1. The zero-order valence-electron chi connectivity index (χ0n) is 11.3. The summed E-state index contributed by atoms with van der Waals surface area (Å²) in [5.41, 5.74) is 1.92. The number of rotatable bonds is 4. The molecule has 4 heteroatoms. The van der Waals surface area contributed by atoms with E-state index in [1.54, 1.807) is 18.4 Å². The molecule has 1 heterocycles. The first-order valence-electron chi connectivity index (χ1n) is 6.09. The predicted octanol–water partition coefficient (Wildman–Crippen LogP) is 3.53. The summed E-state index contributed by atoms with van der Waals surface area (Å²) >= 11 is 1.61. The van der Waals surface area contributed by atoms with Gasteiger partial charge in [0.1, 0.15) is 0 Å². The molecule has 0 fully saturated rings. The number of hydroxylamine groups is 2. The molecule has 19 heavy (non-hydrogen) atoms. The Kier molecular flexibility index (Phi) is 4.35. The highest BCUT2D eigenvalue weighted by Crippen LogP contribution is 2.31. The molecule has 3 nitrogen and oxygen atoms in total. The van der Waals surface area contributed by atoms with Crippen LogP contribution in [0.15, 0.2) is 41.8 Å². The minimum atomic E-state index is -0.110. The lowest BCUT2D eigenvalue weighted by Crippen LogP contribution is -2.26. The highest BCUT2D eigenvalue weighted by atomic mass is 32.1. The van der Waals surface area contributed by atoms with Crippen molar-refractivity contribution in [1.29, 1.82) is 0 Å². The average Bonchev–Trinajstić information content (AvgIpc) is 2.95. The van der Waals surface area contributed by atoms with E-state index in [0.717, 1.165) is 4.88 Å². The molecule has 0 saturated carbocycles. The molecule has 1 aromatic carbocycles. The smallest absolute Gasteiger partial charge is 0.274 e. The fourth-order valence-electron chi connectivity index (χ4n) is 1.98. The monoisotopic (exact) mass is 275 g/mol. The summed E-state index contributed by atoms with van der Waals surface area (Å²) in [6.07, 6.45) is 0. The van der Waals surface area contributed by atoms with Gasteiger partial charge in [-0.25, -0.2) is 5.06 Å². The molecule has 2 aromatic rings. The Morgan fingerprint density at radius 3 is 2.58 bits per heavy atom. The standard InChI is InChI=1S/C15H17NO2S/c1-11(12-7-5-4-6-8-12)14-13(9-10-19-14)15(17)16(2)18-3/h4-11H,1-3H3. The quantitative estimate of drug-likeness (QED) is 0.799. The van der Waals surface area contributed by atoms with E-state index in [9.17, 15) is 4.79 Å². The Labute approximate surface area is 117 Å². The van der Waals surface area contributed by atoms with Crippen LogP contribution in [0.3, 0.4) is 0 Å². The lowest BCUT2D eigenvalue weighted by Gasteiger charge is -2.16. The van der Waals surface area contributed by atoms with Gasteiger partial charge in [0.05, 0.1) is 12.7 Å². The Hall–Kier alpha value is -1.65. The maximum absolute atomic E-state index is 12.2. The van der Waals surface area contributed by atoms with Crippen LogP contribution in [-0.4, -0.2) is 25.1 Å². The van der Waals surface area contributed by atoms with Gasteiger partial charge in [-0.1, -0.05) is 37.3 Å². The van der Waals surface area contributed by atoms with Crippen LogP contribution in [0, 0.1) is 0 Å². The van der Waals surface area contributed by atoms with Gasteiger partial charge in [0.25, 0.3) is 5.91 Å². The van der Waals surface area contributed by atoms with Gasteiger partial charge in [-0.05, 0) is 17.0 Å². The molecule has 0 bridgehead atoms.